The zero-order valence-corrected chi connectivity index (χ0v) is 11.0. The highest BCUT2D eigenvalue weighted by atomic mass is 32.1. The van der Waals surface area contributed by atoms with Gasteiger partial charge in [0.25, 0.3) is 0 Å². The van der Waals surface area contributed by atoms with Crippen LogP contribution in [0.2, 0.25) is 0 Å². The number of nitrogens with one attached hydrogen (secondary N) is 1. The number of fused-ring (bicyclic) bond motifs is 1. The van der Waals surface area contributed by atoms with Crippen LogP contribution < -0.4 is 10.2 Å². The summed E-state index contributed by atoms with van der Waals surface area (Å²) in [5, 5.41) is 4.54. The van der Waals surface area contributed by atoms with E-state index in [-0.39, 0.29) is 0 Å². The summed E-state index contributed by atoms with van der Waals surface area (Å²) in [6, 6.07) is 0. The van der Waals surface area contributed by atoms with E-state index in [0.717, 1.165) is 37.0 Å². The molecule has 0 unspecified atom stereocenters. The van der Waals surface area contributed by atoms with Gasteiger partial charge in [-0.15, -0.1) is 11.3 Å². The second kappa shape index (κ2) is 4.23. The van der Waals surface area contributed by atoms with Crippen LogP contribution >= 0.6 is 11.3 Å². The van der Waals surface area contributed by atoms with Crippen molar-refractivity contribution in [3.05, 3.63) is 16.6 Å². The maximum Gasteiger partial charge on any atom is 0.226 e. The van der Waals surface area contributed by atoms with Crippen LogP contribution in [0, 0.1) is 13.8 Å². The summed E-state index contributed by atoms with van der Waals surface area (Å²) in [5.41, 5.74) is 1.32. The van der Waals surface area contributed by atoms with Gasteiger partial charge >= 0.3 is 0 Å². The minimum absolute atomic E-state index is 0.875. The molecule has 0 radical (unpaired) electrons. The zero-order valence-electron chi connectivity index (χ0n) is 10.2. The molecule has 2 aromatic heterocycles. The number of rotatable bonds is 1. The molecular weight excluding hydrogens is 232 g/mol. The van der Waals surface area contributed by atoms with E-state index >= 15 is 0 Å². The van der Waals surface area contributed by atoms with Crippen molar-refractivity contribution in [2.75, 3.05) is 31.1 Å². The van der Waals surface area contributed by atoms with Crippen molar-refractivity contribution in [3.63, 3.8) is 0 Å². The van der Waals surface area contributed by atoms with Crippen LogP contribution in [-0.2, 0) is 0 Å². The molecule has 5 heteroatoms. The Balaban J connectivity index is 2.01. The van der Waals surface area contributed by atoms with Crippen molar-refractivity contribution >= 4 is 27.5 Å². The van der Waals surface area contributed by atoms with E-state index in [1.54, 1.807) is 11.3 Å². The second-order valence-electron chi connectivity index (χ2n) is 4.41. The molecule has 17 heavy (non-hydrogen) atoms. The molecule has 1 fully saturated rings. The SMILES string of the molecule is Cc1sc2nc(N3CCNCC3)ncc2c1C. The summed E-state index contributed by atoms with van der Waals surface area (Å²) in [4.78, 5) is 13.9. The van der Waals surface area contributed by atoms with E-state index in [0.29, 0.717) is 0 Å². The highest BCUT2D eigenvalue weighted by Gasteiger charge is 2.15. The normalized spacial score (nSPS) is 16.7. The van der Waals surface area contributed by atoms with Crippen molar-refractivity contribution in [2.45, 2.75) is 13.8 Å². The van der Waals surface area contributed by atoms with Crippen molar-refractivity contribution < 1.29 is 0 Å². The Morgan fingerprint density at radius 2 is 2.06 bits per heavy atom. The van der Waals surface area contributed by atoms with E-state index < -0.39 is 0 Å². The lowest BCUT2D eigenvalue weighted by molar-refractivity contribution is 0.580. The molecule has 1 saturated heterocycles. The Hall–Kier alpha value is -1.20. The Bertz CT molecular complexity index is 543. The maximum absolute atomic E-state index is 4.69. The topological polar surface area (TPSA) is 41.1 Å². The molecule has 0 aliphatic carbocycles. The molecule has 0 atom stereocenters. The number of anilines is 1. The smallest absolute Gasteiger partial charge is 0.226 e. The average Bonchev–Trinajstić information content (AvgIpc) is 2.66. The first-order valence-electron chi connectivity index (χ1n) is 5.94. The van der Waals surface area contributed by atoms with Gasteiger partial charge < -0.3 is 10.2 Å². The number of aromatic nitrogens is 2. The third-order valence-electron chi connectivity index (χ3n) is 3.32. The number of nitrogens with zero attached hydrogens (tertiary/aromatic N) is 3. The Labute approximate surface area is 105 Å². The van der Waals surface area contributed by atoms with E-state index in [1.165, 1.54) is 15.8 Å². The molecule has 90 valence electrons. The first kappa shape index (κ1) is 10.9. The Kier molecular flexibility index (Phi) is 2.72. The first-order valence-corrected chi connectivity index (χ1v) is 6.76. The summed E-state index contributed by atoms with van der Waals surface area (Å²) in [7, 11) is 0. The quantitative estimate of drug-likeness (QED) is 0.834. The number of thiophene rings is 1. The number of piperazine rings is 1. The van der Waals surface area contributed by atoms with Gasteiger partial charge in [-0.05, 0) is 19.4 Å². The van der Waals surface area contributed by atoms with Gasteiger partial charge in [0.1, 0.15) is 4.83 Å². The molecule has 1 aliphatic heterocycles. The lowest BCUT2D eigenvalue weighted by Gasteiger charge is -2.27. The molecule has 4 nitrogen and oxygen atoms in total. The van der Waals surface area contributed by atoms with Gasteiger partial charge in [0.05, 0.1) is 0 Å². The van der Waals surface area contributed by atoms with Gasteiger partial charge in [-0.1, -0.05) is 0 Å². The van der Waals surface area contributed by atoms with Crippen molar-refractivity contribution in [1.29, 1.82) is 0 Å². The lowest BCUT2D eigenvalue weighted by Crippen LogP contribution is -2.44. The van der Waals surface area contributed by atoms with Gasteiger partial charge in [-0.3, -0.25) is 0 Å². The average molecular weight is 248 g/mol. The summed E-state index contributed by atoms with van der Waals surface area (Å²) in [5.74, 6) is 0.875. The Morgan fingerprint density at radius 1 is 1.29 bits per heavy atom. The number of hydrogen-bond donors (Lipinski definition) is 1. The minimum Gasteiger partial charge on any atom is -0.338 e. The van der Waals surface area contributed by atoms with Gasteiger partial charge in [0, 0.05) is 42.6 Å². The molecular formula is C12H16N4S. The van der Waals surface area contributed by atoms with Crippen LogP contribution in [0.25, 0.3) is 10.2 Å². The van der Waals surface area contributed by atoms with Crippen LogP contribution in [0.1, 0.15) is 10.4 Å². The third kappa shape index (κ3) is 1.89. The highest BCUT2D eigenvalue weighted by molar-refractivity contribution is 7.18. The lowest BCUT2D eigenvalue weighted by atomic mass is 10.2. The summed E-state index contributed by atoms with van der Waals surface area (Å²) >= 11 is 1.76. The summed E-state index contributed by atoms with van der Waals surface area (Å²) < 4.78 is 0. The fraction of sp³-hybridized carbons (Fsp3) is 0.500. The molecule has 0 aromatic carbocycles. The van der Waals surface area contributed by atoms with Crippen molar-refractivity contribution in [3.8, 4) is 0 Å². The van der Waals surface area contributed by atoms with Gasteiger partial charge in [-0.2, -0.15) is 0 Å². The van der Waals surface area contributed by atoms with E-state index in [4.69, 9.17) is 0 Å². The zero-order chi connectivity index (χ0) is 11.8. The molecule has 0 bridgehead atoms. The second-order valence-corrected chi connectivity index (χ2v) is 5.61. The van der Waals surface area contributed by atoms with Gasteiger partial charge in [0.15, 0.2) is 0 Å². The fourth-order valence-electron chi connectivity index (χ4n) is 2.12. The first-order chi connectivity index (χ1) is 8.25. The van der Waals surface area contributed by atoms with E-state index in [2.05, 4.69) is 34.0 Å². The molecule has 1 aliphatic rings. The molecule has 1 N–H and O–H groups in total. The summed E-state index contributed by atoms with van der Waals surface area (Å²) in [6.45, 7) is 8.31. The van der Waals surface area contributed by atoms with Crippen LogP contribution in [0.5, 0.6) is 0 Å². The van der Waals surface area contributed by atoms with Crippen LogP contribution in [-0.4, -0.2) is 36.1 Å². The molecule has 0 amide bonds. The molecule has 3 heterocycles. The largest absolute Gasteiger partial charge is 0.338 e. The molecule has 0 saturated carbocycles. The molecule has 0 spiro atoms. The number of hydrogen-bond acceptors (Lipinski definition) is 5. The maximum atomic E-state index is 4.69. The van der Waals surface area contributed by atoms with E-state index in [9.17, 15) is 0 Å². The van der Waals surface area contributed by atoms with Crippen LogP contribution in [0.3, 0.4) is 0 Å². The molecule has 3 rings (SSSR count). The highest BCUT2D eigenvalue weighted by Crippen LogP contribution is 2.29. The van der Waals surface area contributed by atoms with Crippen molar-refractivity contribution in [1.82, 2.24) is 15.3 Å². The van der Waals surface area contributed by atoms with Gasteiger partial charge in [-0.25, -0.2) is 9.97 Å². The summed E-state index contributed by atoms with van der Waals surface area (Å²) in [6.07, 6.45) is 1.97. The van der Waals surface area contributed by atoms with Crippen molar-refractivity contribution in [2.24, 2.45) is 0 Å². The predicted molar refractivity (Wildman–Crippen MR) is 72.0 cm³/mol. The van der Waals surface area contributed by atoms with Crippen LogP contribution in [0.15, 0.2) is 6.20 Å². The monoisotopic (exact) mass is 248 g/mol. The minimum atomic E-state index is 0.875. The number of aryl methyl sites for hydroxylation is 2. The third-order valence-corrected chi connectivity index (χ3v) is 4.44. The fourth-order valence-corrected chi connectivity index (χ4v) is 3.12. The van der Waals surface area contributed by atoms with Crippen LogP contribution in [0.4, 0.5) is 5.95 Å². The molecule has 2 aromatic rings. The standard InChI is InChI=1S/C12H16N4S/c1-8-9(2)17-11-10(8)7-14-12(15-11)16-5-3-13-4-6-16/h7,13H,3-6H2,1-2H3. The Morgan fingerprint density at radius 3 is 2.82 bits per heavy atom. The predicted octanol–water partition coefficient (Wildman–Crippen LogP) is 1.72. The van der Waals surface area contributed by atoms with Gasteiger partial charge in [0.2, 0.25) is 5.95 Å². The van der Waals surface area contributed by atoms with E-state index in [1.807, 2.05) is 6.20 Å².